The van der Waals surface area contributed by atoms with Crippen LogP contribution >= 0.6 is 0 Å². The minimum Gasteiger partial charge on any atom is -0.507 e. The summed E-state index contributed by atoms with van der Waals surface area (Å²) in [5.41, 5.74) is 12.9. The maximum Gasteiger partial charge on any atom is 2.00 e. The summed E-state index contributed by atoms with van der Waals surface area (Å²) in [6, 6.07) is 45.6. The van der Waals surface area contributed by atoms with Crippen molar-refractivity contribution in [2.75, 3.05) is 99.8 Å². The average Bonchev–Trinajstić information content (AvgIpc) is 0.755. The Bertz CT molecular complexity index is 4820. The van der Waals surface area contributed by atoms with E-state index in [-0.39, 0.29) is 130 Å². The minimum atomic E-state index is -0.278. The zero-order valence-corrected chi connectivity index (χ0v) is 72.3. The number of benzene rings is 10. The first-order valence-corrected chi connectivity index (χ1v) is 42.0. The van der Waals surface area contributed by atoms with Crippen molar-refractivity contribution >= 4 is 113 Å². The van der Waals surface area contributed by atoms with Gasteiger partial charge in [-0.15, -0.1) is 0 Å². The van der Waals surface area contributed by atoms with Gasteiger partial charge in [-0.05, 0) is 172 Å². The topological polar surface area (TPSA) is 286 Å². The third-order valence-electron chi connectivity index (χ3n) is 22.7. The molecule has 0 aliphatic carbocycles. The number of nitrogens with one attached hydrogen (secondary N) is 8. The third-order valence-corrected chi connectivity index (χ3v) is 22.7. The monoisotopic (exact) mass is 1720 g/mol. The molecule has 4 aliphatic heterocycles. The molecule has 10 aromatic carbocycles. The Kier molecular flexibility index (Phi) is 29.9. The number of amides is 8. The fourth-order valence-corrected chi connectivity index (χ4v) is 16.3. The predicted octanol–water partition coefficient (Wildman–Crippen LogP) is 16.4. The van der Waals surface area contributed by atoms with Crippen LogP contribution in [-0.4, -0.2) is 156 Å². The van der Waals surface area contributed by atoms with Crippen LogP contribution in [0.2, 0.25) is 0 Å². The quantitative estimate of drug-likeness (QED) is 0.00992. The summed E-state index contributed by atoms with van der Waals surface area (Å²) >= 11 is 0. The van der Waals surface area contributed by atoms with Crippen molar-refractivity contribution in [2.45, 2.75) is 158 Å². The first kappa shape index (κ1) is 90.2. The number of rotatable bonds is 36. The van der Waals surface area contributed by atoms with Crippen molar-refractivity contribution in [2.24, 2.45) is 0 Å². The van der Waals surface area contributed by atoms with E-state index in [0.717, 1.165) is 130 Å². The maximum absolute atomic E-state index is 13.6. The number of nitrogens with zero attached hydrogens (tertiary/aromatic N) is 4. The molecule has 2 radical (unpaired) electrons. The zero-order valence-electron chi connectivity index (χ0n) is 70.4. The van der Waals surface area contributed by atoms with Gasteiger partial charge in [0.1, 0.15) is 11.5 Å². The second-order valence-corrected chi connectivity index (χ2v) is 33.2. The van der Waals surface area contributed by atoms with Gasteiger partial charge in [0.2, 0.25) is 0 Å². The average molecular weight is 1720 g/mol. The Labute approximate surface area is 724 Å². The molecule has 0 aromatic heterocycles. The number of carbonyl (C=O) groups is 8. The van der Waals surface area contributed by atoms with Crippen molar-refractivity contribution in [3.05, 3.63) is 223 Å². The van der Waals surface area contributed by atoms with Crippen LogP contribution in [0.4, 0.5) is 22.7 Å². The van der Waals surface area contributed by atoms with Crippen LogP contribution in [0, 0.1) is 0 Å². The molecule has 14 rings (SSSR count). The second kappa shape index (κ2) is 39.8. The largest absolute Gasteiger partial charge is 2.00 e. The third kappa shape index (κ3) is 19.0. The van der Waals surface area contributed by atoms with Crippen molar-refractivity contribution in [3.63, 3.8) is 0 Å². The van der Waals surface area contributed by atoms with Gasteiger partial charge in [0, 0.05) is 211 Å². The standard InChI is InChI=1S/2C48H56N6O5.2Cu/c2*1-6-20-51-39-18-16-37-41-33(39)12-8-14-35(41)44(56)53(46(37)58)24-10-22-49-28-30-26-32(48(3,4)5)27-31(43(30)55)29-50-23-11-25-54-45(57)36-15-9-13-34-40(52-21-7-2)19-17-38(42(34)36)47(54)59;;/h2*8-9,12-19,26-27,49-52,55H,6-7,10-11,20-25,28-29H2,1-5H3;;/q;;2*+2. The number of aromatic hydroxyl groups is 2. The molecule has 24 heteroatoms. The van der Waals surface area contributed by atoms with E-state index in [9.17, 15) is 48.6 Å². The molecule has 634 valence electrons. The summed E-state index contributed by atoms with van der Waals surface area (Å²) in [5, 5.41) is 56.5. The van der Waals surface area contributed by atoms with E-state index in [0.29, 0.717) is 144 Å². The van der Waals surface area contributed by atoms with E-state index in [1.165, 1.54) is 19.6 Å². The number of hydrogen-bond donors (Lipinski definition) is 10. The molecule has 4 aliphatic rings. The fraction of sp³-hybridized carbons (Fsp3) is 0.375. The molecule has 0 saturated heterocycles. The number of carbonyl (C=O) groups excluding carboxylic acids is 8. The molecule has 0 bridgehead atoms. The van der Waals surface area contributed by atoms with Crippen LogP contribution < -0.4 is 42.5 Å². The van der Waals surface area contributed by atoms with Gasteiger partial charge in [0.15, 0.2) is 0 Å². The van der Waals surface area contributed by atoms with Crippen LogP contribution in [0.3, 0.4) is 0 Å². The Morgan fingerprint density at radius 3 is 0.675 bits per heavy atom. The number of phenols is 2. The molecule has 22 nitrogen and oxygen atoms in total. The van der Waals surface area contributed by atoms with Gasteiger partial charge >= 0.3 is 34.1 Å². The SMILES string of the molecule is CCCNc1ccc2c3c(cccc13)C(=O)N(CCCNCc1cc(C(C)(C)C)cc(CNCCCN3C(=O)c4cccc5c(NCCC)ccc(c45)C3=O)c1O)C2=O.CCCNc1ccc2c3c(cccc13)C(=O)N(CCCNCc1cc(C(C)(C)C)cc(CNCCCN3C(=O)c4cccc5c(NCCC)ccc(c45)C3=O)c1O)C2=O.[Cu+2].[Cu+2]. The van der Waals surface area contributed by atoms with Crippen molar-refractivity contribution in [1.82, 2.24) is 40.9 Å². The summed E-state index contributed by atoms with van der Waals surface area (Å²) in [4.78, 5) is 114. The Morgan fingerprint density at radius 2 is 0.483 bits per heavy atom. The van der Waals surface area contributed by atoms with E-state index in [1.54, 1.807) is 24.3 Å². The summed E-state index contributed by atoms with van der Waals surface area (Å²) < 4.78 is 0. The van der Waals surface area contributed by atoms with Gasteiger partial charge in [-0.1, -0.05) is 142 Å². The molecule has 10 aromatic rings. The summed E-state index contributed by atoms with van der Waals surface area (Å²) in [6.45, 7) is 29.2. The van der Waals surface area contributed by atoms with Crippen LogP contribution in [0.15, 0.2) is 146 Å². The maximum atomic E-state index is 13.6. The molecular weight excluding hydrogens is 1610 g/mol. The molecule has 120 heavy (non-hydrogen) atoms. The Balaban J connectivity index is 0.000000231. The van der Waals surface area contributed by atoms with Gasteiger partial charge < -0.3 is 52.7 Å². The first-order valence-electron chi connectivity index (χ1n) is 42.0. The predicted molar refractivity (Wildman–Crippen MR) is 471 cm³/mol. The van der Waals surface area contributed by atoms with E-state index >= 15 is 0 Å². The summed E-state index contributed by atoms with van der Waals surface area (Å²) in [6.07, 6.45) is 6.05. The molecule has 0 spiro atoms. The van der Waals surface area contributed by atoms with E-state index < -0.39 is 0 Å². The number of phenolic OH excluding ortho intramolecular Hbond substituents is 2. The van der Waals surface area contributed by atoms with Crippen LogP contribution in [-0.2, 0) is 71.1 Å². The fourth-order valence-electron chi connectivity index (χ4n) is 16.3. The van der Waals surface area contributed by atoms with Crippen molar-refractivity contribution < 1.29 is 82.7 Å². The number of imide groups is 4. The molecule has 0 fully saturated rings. The van der Waals surface area contributed by atoms with Crippen LogP contribution in [0.1, 0.15) is 237 Å². The minimum absolute atomic E-state index is 0. The van der Waals surface area contributed by atoms with Crippen molar-refractivity contribution in [1.29, 1.82) is 0 Å². The van der Waals surface area contributed by atoms with E-state index in [2.05, 4.69) is 112 Å². The zero-order chi connectivity index (χ0) is 83.7. The molecule has 10 N–H and O–H groups in total. The molecule has 0 saturated carbocycles. The second-order valence-electron chi connectivity index (χ2n) is 33.2. The van der Waals surface area contributed by atoms with Crippen LogP contribution in [0.25, 0.3) is 43.1 Å². The molecular formula is C96H112Cu2N12O10+4. The first-order chi connectivity index (χ1) is 56.9. The van der Waals surface area contributed by atoms with Gasteiger partial charge in [-0.2, -0.15) is 0 Å². The van der Waals surface area contributed by atoms with Gasteiger partial charge in [0.25, 0.3) is 47.3 Å². The van der Waals surface area contributed by atoms with Crippen LogP contribution in [0.5, 0.6) is 11.5 Å². The molecule has 4 heterocycles. The van der Waals surface area contributed by atoms with E-state index in [1.807, 2.05) is 121 Å². The van der Waals surface area contributed by atoms with Gasteiger partial charge in [0.05, 0.1) is 0 Å². The van der Waals surface area contributed by atoms with Crippen molar-refractivity contribution in [3.8, 4) is 11.5 Å². The summed E-state index contributed by atoms with van der Waals surface area (Å²) in [5.74, 6) is -1.82. The molecule has 8 amide bonds. The smallest absolute Gasteiger partial charge is 0.507 e. The normalized spacial score (nSPS) is 13.7. The Morgan fingerprint density at radius 1 is 0.283 bits per heavy atom. The van der Waals surface area contributed by atoms with Gasteiger partial charge in [-0.25, -0.2) is 0 Å². The molecule has 0 unspecified atom stereocenters. The number of anilines is 4. The van der Waals surface area contributed by atoms with Gasteiger partial charge in [-0.3, -0.25) is 58.0 Å². The number of hydrogen-bond acceptors (Lipinski definition) is 18. The van der Waals surface area contributed by atoms with E-state index in [4.69, 9.17) is 0 Å². The Hall–Kier alpha value is -10.5. The summed E-state index contributed by atoms with van der Waals surface area (Å²) in [7, 11) is 0. The molecule has 0 atom stereocenters.